The summed E-state index contributed by atoms with van der Waals surface area (Å²) in [4.78, 5) is 12.3. The molecule has 0 aliphatic heterocycles. The first-order chi connectivity index (χ1) is 13.1. The number of hydrogen-bond acceptors (Lipinski definition) is 4. The molecule has 152 valence electrons. The van der Waals surface area contributed by atoms with Crippen LogP contribution in [0.15, 0.2) is 36.4 Å². The van der Waals surface area contributed by atoms with Crippen molar-refractivity contribution < 1.29 is 17.9 Å². The van der Waals surface area contributed by atoms with Gasteiger partial charge >= 0.3 is 0 Å². The molecule has 0 aliphatic carbocycles. The minimum Gasteiger partial charge on any atom is -0.491 e. The normalized spacial score (nSPS) is 11.2. The molecule has 0 saturated heterocycles. The number of carbonyl (C=O) groups excluding carboxylic acids is 1. The summed E-state index contributed by atoms with van der Waals surface area (Å²) >= 11 is 0. The average molecular weight is 405 g/mol. The lowest BCUT2D eigenvalue weighted by Gasteiger charge is -2.23. The van der Waals surface area contributed by atoms with Crippen LogP contribution >= 0.6 is 0 Å². The Morgan fingerprint density at radius 1 is 1.00 bits per heavy atom. The topological polar surface area (TPSA) is 75.7 Å². The van der Waals surface area contributed by atoms with Crippen LogP contribution in [0.3, 0.4) is 0 Å². The molecule has 0 aliphatic rings. The van der Waals surface area contributed by atoms with E-state index in [0.29, 0.717) is 12.3 Å². The van der Waals surface area contributed by atoms with Crippen LogP contribution in [0.5, 0.6) is 5.75 Å². The predicted octanol–water partition coefficient (Wildman–Crippen LogP) is 2.88. The van der Waals surface area contributed by atoms with Crippen molar-refractivity contribution in [2.45, 2.75) is 27.7 Å². The highest BCUT2D eigenvalue weighted by atomic mass is 32.2. The number of anilines is 1. The quantitative estimate of drug-likeness (QED) is 0.687. The molecule has 0 atom stereocenters. The SMILES string of the molecule is Cc1cc(C)cc(N(CC(=O)NCCOc2cc(C)ccc2C)S(C)(=O)=O)c1. The second kappa shape index (κ2) is 9.10. The van der Waals surface area contributed by atoms with E-state index in [2.05, 4.69) is 5.32 Å². The van der Waals surface area contributed by atoms with Crippen LogP contribution in [0.4, 0.5) is 5.69 Å². The summed E-state index contributed by atoms with van der Waals surface area (Å²) in [5.41, 5.74) is 4.48. The molecular formula is C21H28N2O4S. The molecule has 0 spiro atoms. The van der Waals surface area contributed by atoms with Gasteiger partial charge in [-0.05, 0) is 68.1 Å². The molecule has 28 heavy (non-hydrogen) atoms. The molecule has 0 radical (unpaired) electrons. The largest absolute Gasteiger partial charge is 0.491 e. The Labute approximate surface area is 167 Å². The van der Waals surface area contributed by atoms with Crippen molar-refractivity contribution in [3.05, 3.63) is 58.7 Å². The number of aryl methyl sites for hydroxylation is 4. The summed E-state index contributed by atoms with van der Waals surface area (Å²) in [6.45, 7) is 8.05. The Kier molecular flexibility index (Phi) is 7.07. The number of rotatable bonds is 8. The maximum absolute atomic E-state index is 12.3. The monoisotopic (exact) mass is 404 g/mol. The molecule has 0 heterocycles. The average Bonchev–Trinajstić information content (AvgIpc) is 2.57. The van der Waals surface area contributed by atoms with Crippen molar-refractivity contribution in [3.8, 4) is 5.75 Å². The zero-order chi connectivity index (χ0) is 20.9. The first-order valence-electron chi connectivity index (χ1n) is 9.09. The third kappa shape index (κ3) is 6.27. The summed E-state index contributed by atoms with van der Waals surface area (Å²) in [5, 5.41) is 2.72. The highest BCUT2D eigenvalue weighted by molar-refractivity contribution is 7.92. The number of hydrogen-bond donors (Lipinski definition) is 1. The maximum atomic E-state index is 12.3. The molecular weight excluding hydrogens is 376 g/mol. The molecule has 2 aromatic carbocycles. The van der Waals surface area contributed by atoms with Gasteiger partial charge in [0.25, 0.3) is 0 Å². The van der Waals surface area contributed by atoms with Gasteiger partial charge in [-0.3, -0.25) is 9.10 Å². The van der Waals surface area contributed by atoms with Crippen molar-refractivity contribution in [1.29, 1.82) is 0 Å². The van der Waals surface area contributed by atoms with E-state index in [-0.39, 0.29) is 19.0 Å². The smallest absolute Gasteiger partial charge is 0.240 e. The number of ether oxygens (including phenoxy) is 1. The predicted molar refractivity (Wildman–Crippen MR) is 113 cm³/mol. The number of nitrogens with zero attached hydrogens (tertiary/aromatic N) is 1. The zero-order valence-electron chi connectivity index (χ0n) is 17.1. The van der Waals surface area contributed by atoms with Gasteiger partial charge in [0.1, 0.15) is 18.9 Å². The maximum Gasteiger partial charge on any atom is 0.240 e. The van der Waals surface area contributed by atoms with E-state index in [1.165, 1.54) is 0 Å². The van der Waals surface area contributed by atoms with Gasteiger partial charge in [-0.25, -0.2) is 8.42 Å². The van der Waals surface area contributed by atoms with E-state index in [0.717, 1.165) is 38.6 Å². The summed E-state index contributed by atoms with van der Waals surface area (Å²) in [6, 6.07) is 11.4. The van der Waals surface area contributed by atoms with E-state index < -0.39 is 10.0 Å². The van der Waals surface area contributed by atoms with Gasteiger partial charge < -0.3 is 10.1 Å². The van der Waals surface area contributed by atoms with Crippen molar-refractivity contribution in [3.63, 3.8) is 0 Å². The van der Waals surface area contributed by atoms with Crippen LogP contribution in [-0.2, 0) is 14.8 Å². The van der Waals surface area contributed by atoms with Crippen molar-refractivity contribution >= 4 is 21.6 Å². The first-order valence-corrected chi connectivity index (χ1v) is 10.9. The lowest BCUT2D eigenvalue weighted by atomic mass is 10.1. The molecule has 0 bridgehead atoms. The van der Waals surface area contributed by atoms with Gasteiger partial charge in [0.05, 0.1) is 18.5 Å². The molecule has 0 fully saturated rings. The van der Waals surface area contributed by atoms with Crippen LogP contribution in [0, 0.1) is 27.7 Å². The Balaban J connectivity index is 1.96. The second-order valence-corrected chi connectivity index (χ2v) is 8.99. The third-order valence-electron chi connectivity index (χ3n) is 4.21. The van der Waals surface area contributed by atoms with E-state index >= 15 is 0 Å². The number of amides is 1. The Bertz CT molecular complexity index is 935. The number of benzene rings is 2. The molecule has 0 saturated carbocycles. The number of sulfonamides is 1. The van der Waals surface area contributed by atoms with E-state index in [4.69, 9.17) is 4.74 Å². The van der Waals surface area contributed by atoms with Crippen molar-refractivity contribution in [2.24, 2.45) is 0 Å². The van der Waals surface area contributed by atoms with Gasteiger partial charge in [0.2, 0.25) is 15.9 Å². The molecule has 2 rings (SSSR count). The summed E-state index contributed by atoms with van der Waals surface area (Å²) in [6.07, 6.45) is 1.10. The Morgan fingerprint density at radius 2 is 1.64 bits per heavy atom. The fourth-order valence-electron chi connectivity index (χ4n) is 2.90. The fourth-order valence-corrected chi connectivity index (χ4v) is 3.74. The molecule has 1 amide bonds. The summed E-state index contributed by atoms with van der Waals surface area (Å²) in [5.74, 6) is 0.399. The van der Waals surface area contributed by atoms with Gasteiger partial charge in [-0.2, -0.15) is 0 Å². The van der Waals surface area contributed by atoms with Gasteiger partial charge in [-0.1, -0.05) is 18.2 Å². The van der Waals surface area contributed by atoms with Gasteiger partial charge in [-0.15, -0.1) is 0 Å². The standard InChI is InChI=1S/C21H28N2O4S/c1-15-6-7-18(4)20(13-15)27-9-8-22-21(24)14-23(28(5,25)26)19-11-16(2)10-17(3)12-19/h6-7,10-13H,8-9,14H2,1-5H3,(H,22,24). The van der Waals surface area contributed by atoms with E-state index in [1.807, 2.05) is 52.0 Å². The van der Waals surface area contributed by atoms with Crippen molar-refractivity contribution in [2.75, 3.05) is 30.3 Å². The van der Waals surface area contributed by atoms with Gasteiger partial charge in [0, 0.05) is 0 Å². The summed E-state index contributed by atoms with van der Waals surface area (Å²) in [7, 11) is -3.59. The van der Waals surface area contributed by atoms with Crippen LogP contribution in [0.2, 0.25) is 0 Å². The van der Waals surface area contributed by atoms with Crippen LogP contribution in [-0.4, -0.2) is 40.3 Å². The first kappa shape index (κ1) is 21.8. The third-order valence-corrected chi connectivity index (χ3v) is 5.35. The lowest BCUT2D eigenvalue weighted by molar-refractivity contribution is -0.119. The number of nitrogens with one attached hydrogen (secondary N) is 1. The fraction of sp³-hybridized carbons (Fsp3) is 0.381. The molecule has 0 aromatic heterocycles. The molecule has 6 nitrogen and oxygen atoms in total. The number of carbonyl (C=O) groups is 1. The van der Waals surface area contributed by atoms with E-state index in [1.54, 1.807) is 12.1 Å². The zero-order valence-corrected chi connectivity index (χ0v) is 17.9. The van der Waals surface area contributed by atoms with Gasteiger partial charge in [0.15, 0.2) is 0 Å². The second-order valence-electron chi connectivity index (χ2n) is 7.08. The van der Waals surface area contributed by atoms with Crippen molar-refractivity contribution in [1.82, 2.24) is 5.32 Å². The Morgan fingerprint density at radius 3 is 2.25 bits per heavy atom. The van der Waals surface area contributed by atoms with E-state index in [9.17, 15) is 13.2 Å². The Hall–Kier alpha value is -2.54. The minimum absolute atomic E-state index is 0.273. The molecule has 7 heteroatoms. The lowest BCUT2D eigenvalue weighted by Crippen LogP contribution is -2.41. The van der Waals surface area contributed by atoms with Crippen LogP contribution < -0.4 is 14.4 Å². The highest BCUT2D eigenvalue weighted by Gasteiger charge is 2.21. The summed E-state index contributed by atoms with van der Waals surface area (Å²) < 4.78 is 31.2. The van der Waals surface area contributed by atoms with Crippen LogP contribution in [0.25, 0.3) is 0 Å². The minimum atomic E-state index is -3.59. The molecule has 2 aromatic rings. The molecule has 1 N–H and O–H groups in total. The molecule has 0 unspecified atom stereocenters. The van der Waals surface area contributed by atoms with Crippen LogP contribution in [0.1, 0.15) is 22.3 Å². The highest BCUT2D eigenvalue weighted by Crippen LogP contribution is 2.21.